The zero-order valence-electron chi connectivity index (χ0n) is 10.3. The van der Waals surface area contributed by atoms with Crippen LogP contribution in [-0.2, 0) is 0 Å². The molecule has 3 rings (SSSR count). The number of benzene rings is 2. The molecule has 2 aromatic rings. The number of nitrogens with one attached hydrogen (secondary N) is 1. The van der Waals surface area contributed by atoms with E-state index in [0.717, 1.165) is 24.6 Å². The predicted molar refractivity (Wildman–Crippen MR) is 77.6 cm³/mol. The summed E-state index contributed by atoms with van der Waals surface area (Å²) >= 11 is 1.77. The van der Waals surface area contributed by atoms with E-state index in [1.165, 1.54) is 16.0 Å². The smallest absolute Gasteiger partial charge is 0.143 e. The monoisotopic (exact) mass is 257 g/mol. The molecule has 1 aliphatic heterocycles. The van der Waals surface area contributed by atoms with Gasteiger partial charge in [-0.3, -0.25) is 0 Å². The van der Waals surface area contributed by atoms with Crippen molar-refractivity contribution in [3.05, 3.63) is 42.5 Å². The Morgan fingerprint density at radius 3 is 2.94 bits per heavy atom. The van der Waals surface area contributed by atoms with Crippen LogP contribution < -0.4 is 10.1 Å². The van der Waals surface area contributed by atoms with Crippen LogP contribution in [0.4, 0.5) is 5.69 Å². The summed E-state index contributed by atoms with van der Waals surface area (Å²) < 4.78 is 5.69. The molecule has 0 unspecified atom stereocenters. The lowest BCUT2D eigenvalue weighted by Crippen LogP contribution is -2.17. The van der Waals surface area contributed by atoms with Gasteiger partial charge in [0, 0.05) is 11.4 Å². The van der Waals surface area contributed by atoms with E-state index in [0.29, 0.717) is 0 Å². The summed E-state index contributed by atoms with van der Waals surface area (Å²) in [6.45, 7) is 1.62. The van der Waals surface area contributed by atoms with E-state index in [1.54, 1.807) is 11.8 Å². The van der Waals surface area contributed by atoms with Crippen molar-refractivity contribution in [2.75, 3.05) is 24.7 Å². The second kappa shape index (κ2) is 4.94. The number of rotatable bonds is 2. The molecule has 0 aliphatic carbocycles. The van der Waals surface area contributed by atoms with E-state index in [1.807, 2.05) is 0 Å². The SMILES string of the molecule is CSc1ccccc1-c1ccc2c(c1)OCCN2. The number of hydrogen-bond donors (Lipinski definition) is 1. The van der Waals surface area contributed by atoms with Crippen molar-refractivity contribution >= 4 is 17.4 Å². The van der Waals surface area contributed by atoms with Gasteiger partial charge in [0.15, 0.2) is 0 Å². The number of fused-ring (bicyclic) bond motifs is 1. The Morgan fingerprint density at radius 1 is 1.17 bits per heavy atom. The standard InChI is InChI=1S/C15H15NOS/c1-18-15-5-3-2-4-12(15)11-6-7-13-14(10-11)17-9-8-16-13/h2-7,10,16H,8-9H2,1H3. The van der Waals surface area contributed by atoms with Crippen molar-refractivity contribution in [3.8, 4) is 16.9 Å². The molecular weight excluding hydrogens is 242 g/mol. The molecule has 0 saturated heterocycles. The van der Waals surface area contributed by atoms with E-state index >= 15 is 0 Å². The van der Waals surface area contributed by atoms with Gasteiger partial charge in [-0.15, -0.1) is 11.8 Å². The lowest BCUT2D eigenvalue weighted by Gasteiger charge is -2.20. The average Bonchev–Trinajstić information content (AvgIpc) is 2.46. The minimum absolute atomic E-state index is 0.737. The molecule has 92 valence electrons. The zero-order valence-corrected chi connectivity index (χ0v) is 11.1. The molecule has 0 bridgehead atoms. The number of hydrogen-bond acceptors (Lipinski definition) is 3. The summed E-state index contributed by atoms with van der Waals surface area (Å²) in [5.41, 5.74) is 3.57. The summed E-state index contributed by atoms with van der Waals surface area (Å²) in [4.78, 5) is 1.29. The number of anilines is 1. The second-order valence-corrected chi connectivity index (χ2v) is 5.03. The van der Waals surface area contributed by atoms with E-state index in [9.17, 15) is 0 Å². The summed E-state index contributed by atoms with van der Waals surface area (Å²) in [6, 6.07) is 14.8. The summed E-state index contributed by atoms with van der Waals surface area (Å²) in [5.74, 6) is 0.953. The Labute approximate surface area is 111 Å². The Bertz CT molecular complexity index is 568. The normalized spacial score (nSPS) is 13.4. The van der Waals surface area contributed by atoms with Crippen LogP contribution in [0, 0.1) is 0 Å². The largest absolute Gasteiger partial charge is 0.490 e. The first-order valence-corrected chi connectivity index (χ1v) is 7.25. The highest BCUT2D eigenvalue weighted by Gasteiger charge is 2.11. The van der Waals surface area contributed by atoms with Crippen LogP contribution in [0.5, 0.6) is 5.75 Å². The highest BCUT2D eigenvalue weighted by Crippen LogP contribution is 2.36. The third-order valence-corrected chi connectivity index (χ3v) is 3.87. The van der Waals surface area contributed by atoms with Crippen LogP contribution in [0.3, 0.4) is 0 Å². The molecule has 1 heterocycles. The van der Waals surface area contributed by atoms with Gasteiger partial charge in [0.05, 0.1) is 5.69 Å². The van der Waals surface area contributed by atoms with Gasteiger partial charge >= 0.3 is 0 Å². The maximum Gasteiger partial charge on any atom is 0.143 e. The summed E-state index contributed by atoms with van der Waals surface area (Å²) in [5, 5.41) is 3.34. The fraction of sp³-hybridized carbons (Fsp3) is 0.200. The third kappa shape index (κ3) is 2.06. The lowest BCUT2D eigenvalue weighted by molar-refractivity contribution is 0.323. The Kier molecular flexibility index (Phi) is 3.15. The van der Waals surface area contributed by atoms with Crippen molar-refractivity contribution in [3.63, 3.8) is 0 Å². The minimum Gasteiger partial charge on any atom is -0.490 e. The maximum absolute atomic E-state index is 5.69. The third-order valence-electron chi connectivity index (χ3n) is 3.07. The van der Waals surface area contributed by atoms with Gasteiger partial charge in [-0.2, -0.15) is 0 Å². The van der Waals surface area contributed by atoms with Crippen molar-refractivity contribution in [1.82, 2.24) is 0 Å². The van der Waals surface area contributed by atoms with Gasteiger partial charge in [-0.05, 0) is 35.6 Å². The van der Waals surface area contributed by atoms with Crippen molar-refractivity contribution in [2.45, 2.75) is 4.90 Å². The zero-order chi connectivity index (χ0) is 12.4. The molecule has 1 aliphatic rings. The number of ether oxygens (including phenoxy) is 1. The fourth-order valence-electron chi connectivity index (χ4n) is 2.19. The molecule has 18 heavy (non-hydrogen) atoms. The van der Waals surface area contributed by atoms with Crippen LogP contribution in [0.15, 0.2) is 47.4 Å². The summed E-state index contributed by atoms with van der Waals surface area (Å²) in [7, 11) is 0. The van der Waals surface area contributed by atoms with Crippen molar-refractivity contribution < 1.29 is 4.74 Å². The fourth-order valence-corrected chi connectivity index (χ4v) is 2.81. The highest BCUT2D eigenvalue weighted by atomic mass is 32.2. The molecule has 0 radical (unpaired) electrons. The first kappa shape index (κ1) is 11.5. The molecule has 0 fully saturated rings. The van der Waals surface area contributed by atoms with Crippen molar-refractivity contribution in [2.24, 2.45) is 0 Å². The van der Waals surface area contributed by atoms with Gasteiger partial charge in [-0.1, -0.05) is 24.3 Å². The topological polar surface area (TPSA) is 21.3 Å². The molecule has 2 nitrogen and oxygen atoms in total. The van der Waals surface area contributed by atoms with Crippen LogP contribution >= 0.6 is 11.8 Å². The van der Waals surface area contributed by atoms with E-state index in [-0.39, 0.29) is 0 Å². The molecule has 0 spiro atoms. The lowest BCUT2D eigenvalue weighted by atomic mass is 10.0. The minimum atomic E-state index is 0.737. The first-order chi connectivity index (χ1) is 8.88. The summed E-state index contributed by atoms with van der Waals surface area (Å²) in [6.07, 6.45) is 2.11. The van der Waals surface area contributed by atoms with Crippen LogP contribution in [0.2, 0.25) is 0 Å². The van der Waals surface area contributed by atoms with E-state index in [2.05, 4.69) is 54.0 Å². The molecular formula is C15H15NOS. The molecule has 2 aromatic carbocycles. The highest BCUT2D eigenvalue weighted by molar-refractivity contribution is 7.98. The van der Waals surface area contributed by atoms with Crippen LogP contribution in [0.25, 0.3) is 11.1 Å². The first-order valence-electron chi connectivity index (χ1n) is 6.02. The predicted octanol–water partition coefficient (Wildman–Crippen LogP) is 3.88. The average molecular weight is 257 g/mol. The Hall–Kier alpha value is -1.61. The molecule has 3 heteroatoms. The number of thioether (sulfide) groups is 1. The van der Waals surface area contributed by atoms with Crippen LogP contribution in [-0.4, -0.2) is 19.4 Å². The Balaban J connectivity index is 2.06. The second-order valence-electron chi connectivity index (χ2n) is 4.19. The van der Waals surface area contributed by atoms with Crippen LogP contribution in [0.1, 0.15) is 0 Å². The molecule has 0 atom stereocenters. The Morgan fingerprint density at radius 2 is 2.06 bits per heavy atom. The van der Waals surface area contributed by atoms with Crippen molar-refractivity contribution in [1.29, 1.82) is 0 Å². The quantitative estimate of drug-likeness (QED) is 0.825. The van der Waals surface area contributed by atoms with E-state index in [4.69, 9.17) is 4.74 Å². The molecule has 0 amide bonds. The van der Waals surface area contributed by atoms with Gasteiger partial charge in [0.25, 0.3) is 0 Å². The van der Waals surface area contributed by atoms with Gasteiger partial charge in [0.1, 0.15) is 12.4 Å². The molecule has 1 N–H and O–H groups in total. The van der Waals surface area contributed by atoms with E-state index < -0.39 is 0 Å². The molecule has 0 saturated carbocycles. The molecule has 0 aromatic heterocycles. The maximum atomic E-state index is 5.69. The van der Waals surface area contributed by atoms with Gasteiger partial charge in [0.2, 0.25) is 0 Å². The van der Waals surface area contributed by atoms with Gasteiger partial charge < -0.3 is 10.1 Å². The van der Waals surface area contributed by atoms with Gasteiger partial charge in [-0.25, -0.2) is 0 Å².